The second-order valence-electron chi connectivity index (χ2n) is 4.67. The highest BCUT2D eigenvalue weighted by atomic mass is 79.9. The van der Waals surface area contributed by atoms with Crippen molar-refractivity contribution in [3.05, 3.63) is 46.2 Å². The highest BCUT2D eigenvalue weighted by molar-refractivity contribution is 9.10. The van der Waals surface area contributed by atoms with E-state index in [1.165, 1.54) is 0 Å². The van der Waals surface area contributed by atoms with Crippen molar-refractivity contribution in [2.24, 2.45) is 0 Å². The van der Waals surface area contributed by atoms with Crippen molar-refractivity contribution >= 4 is 26.0 Å². The molecule has 0 aliphatic heterocycles. The standard InChI is InChI=1S/C13H17BrN4O2S/c1-9(11-7-16-17-8-11)18-21(19,20)13-5-10(6-15-2)3-4-12(13)14/h3-5,7-9,15,18H,6H2,1-2H3,(H,16,17). The van der Waals surface area contributed by atoms with Gasteiger partial charge in [0.25, 0.3) is 0 Å². The molecule has 0 spiro atoms. The summed E-state index contributed by atoms with van der Waals surface area (Å²) in [4.78, 5) is 0.227. The molecule has 2 rings (SSSR count). The van der Waals surface area contributed by atoms with Crippen molar-refractivity contribution in [3.63, 3.8) is 0 Å². The van der Waals surface area contributed by atoms with E-state index < -0.39 is 10.0 Å². The fourth-order valence-electron chi connectivity index (χ4n) is 1.93. The fourth-order valence-corrected chi connectivity index (χ4v) is 4.18. The number of hydrogen-bond donors (Lipinski definition) is 3. The summed E-state index contributed by atoms with van der Waals surface area (Å²) in [6.45, 7) is 2.38. The fraction of sp³-hybridized carbons (Fsp3) is 0.308. The predicted octanol–water partition coefficient (Wildman–Crippen LogP) is 1.93. The minimum atomic E-state index is -3.62. The van der Waals surface area contributed by atoms with Crippen LogP contribution in [0.5, 0.6) is 0 Å². The van der Waals surface area contributed by atoms with E-state index in [0.717, 1.165) is 11.1 Å². The van der Waals surface area contributed by atoms with Gasteiger partial charge in [-0.25, -0.2) is 13.1 Å². The summed E-state index contributed by atoms with van der Waals surface area (Å²) < 4.78 is 28.2. The van der Waals surface area contributed by atoms with Crippen molar-refractivity contribution in [1.82, 2.24) is 20.2 Å². The van der Waals surface area contributed by atoms with E-state index in [9.17, 15) is 8.42 Å². The van der Waals surface area contributed by atoms with Gasteiger partial charge in [-0.2, -0.15) is 5.10 Å². The first-order chi connectivity index (χ1) is 9.94. The SMILES string of the molecule is CNCc1ccc(Br)c(S(=O)(=O)NC(C)c2cn[nH]c2)c1. The number of nitrogens with one attached hydrogen (secondary N) is 3. The van der Waals surface area contributed by atoms with Crippen LogP contribution in [-0.2, 0) is 16.6 Å². The molecule has 0 amide bonds. The average Bonchev–Trinajstić information content (AvgIpc) is 2.94. The number of rotatable bonds is 6. The van der Waals surface area contributed by atoms with Crippen molar-refractivity contribution < 1.29 is 8.42 Å². The highest BCUT2D eigenvalue weighted by Gasteiger charge is 2.21. The zero-order valence-corrected chi connectivity index (χ0v) is 14.1. The summed E-state index contributed by atoms with van der Waals surface area (Å²) in [7, 11) is -1.81. The molecule has 0 saturated heterocycles. The quantitative estimate of drug-likeness (QED) is 0.722. The van der Waals surface area contributed by atoms with Crippen molar-refractivity contribution in [2.45, 2.75) is 24.4 Å². The lowest BCUT2D eigenvalue weighted by Gasteiger charge is -2.14. The van der Waals surface area contributed by atoms with Crippen molar-refractivity contribution in [2.75, 3.05) is 7.05 Å². The maximum Gasteiger partial charge on any atom is 0.242 e. The van der Waals surface area contributed by atoms with Gasteiger partial charge in [-0.3, -0.25) is 5.10 Å². The van der Waals surface area contributed by atoms with Crippen LogP contribution in [0.15, 0.2) is 40.0 Å². The van der Waals surface area contributed by atoms with E-state index >= 15 is 0 Å². The molecule has 1 unspecified atom stereocenters. The number of aromatic nitrogens is 2. The van der Waals surface area contributed by atoms with Gasteiger partial charge in [0.05, 0.1) is 11.1 Å². The third kappa shape index (κ3) is 3.91. The van der Waals surface area contributed by atoms with Crippen LogP contribution in [0.3, 0.4) is 0 Å². The summed E-state index contributed by atoms with van der Waals surface area (Å²) in [5, 5.41) is 9.50. The normalized spacial score (nSPS) is 13.3. The zero-order chi connectivity index (χ0) is 15.5. The topological polar surface area (TPSA) is 86.9 Å². The Kier molecular flexibility index (Phi) is 5.15. The lowest BCUT2D eigenvalue weighted by Crippen LogP contribution is -2.27. The van der Waals surface area contributed by atoms with Crippen LogP contribution in [-0.4, -0.2) is 25.7 Å². The molecular formula is C13H17BrN4O2S. The first-order valence-electron chi connectivity index (χ1n) is 6.38. The maximum absolute atomic E-state index is 12.5. The van der Waals surface area contributed by atoms with Crippen LogP contribution in [0.2, 0.25) is 0 Å². The molecule has 0 aliphatic carbocycles. The molecule has 1 heterocycles. The van der Waals surface area contributed by atoms with Gasteiger partial charge in [-0.05, 0) is 47.6 Å². The molecule has 0 bridgehead atoms. The van der Waals surface area contributed by atoms with Gasteiger partial charge in [0.2, 0.25) is 10.0 Å². The molecule has 0 fully saturated rings. The molecule has 6 nitrogen and oxygen atoms in total. The number of benzene rings is 1. The van der Waals surface area contributed by atoms with E-state index in [1.54, 1.807) is 31.5 Å². The predicted molar refractivity (Wildman–Crippen MR) is 84.2 cm³/mol. The number of nitrogens with zero attached hydrogens (tertiary/aromatic N) is 1. The van der Waals surface area contributed by atoms with Gasteiger partial charge < -0.3 is 5.32 Å². The molecule has 114 valence electrons. The summed E-state index contributed by atoms with van der Waals surface area (Å²) >= 11 is 3.30. The molecule has 0 aliphatic rings. The third-order valence-corrected chi connectivity index (χ3v) is 5.55. The summed E-state index contributed by atoms with van der Waals surface area (Å²) in [6.07, 6.45) is 3.26. The second-order valence-corrected chi connectivity index (χ2v) is 7.21. The van der Waals surface area contributed by atoms with E-state index in [4.69, 9.17) is 0 Å². The largest absolute Gasteiger partial charge is 0.316 e. The second kappa shape index (κ2) is 6.69. The number of sulfonamides is 1. The Bertz CT molecular complexity index is 701. The lowest BCUT2D eigenvalue weighted by molar-refractivity contribution is 0.566. The van der Waals surface area contributed by atoms with Crippen LogP contribution < -0.4 is 10.0 Å². The Morgan fingerprint density at radius 2 is 2.19 bits per heavy atom. The zero-order valence-electron chi connectivity index (χ0n) is 11.7. The molecule has 0 saturated carbocycles. The van der Waals surface area contributed by atoms with Gasteiger partial charge in [-0.15, -0.1) is 0 Å². The van der Waals surface area contributed by atoms with Crippen molar-refractivity contribution in [3.8, 4) is 0 Å². The summed E-state index contributed by atoms with van der Waals surface area (Å²) in [6, 6.07) is 4.90. The van der Waals surface area contributed by atoms with Crippen molar-refractivity contribution in [1.29, 1.82) is 0 Å². The lowest BCUT2D eigenvalue weighted by atomic mass is 10.2. The van der Waals surface area contributed by atoms with Gasteiger partial charge in [-0.1, -0.05) is 6.07 Å². The van der Waals surface area contributed by atoms with Crippen LogP contribution in [0.1, 0.15) is 24.1 Å². The molecular weight excluding hydrogens is 356 g/mol. The maximum atomic E-state index is 12.5. The Hall–Kier alpha value is -1.22. The molecule has 0 radical (unpaired) electrons. The van der Waals surface area contributed by atoms with E-state index in [0.29, 0.717) is 11.0 Å². The van der Waals surface area contributed by atoms with E-state index in [-0.39, 0.29) is 10.9 Å². The van der Waals surface area contributed by atoms with Crippen LogP contribution >= 0.6 is 15.9 Å². The van der Waals surface area contributed by atoms with E-state index in [1.807, 2.05) is 13.1 Å². The molecule has 2 aromatic rings. The van der Waals surface area contributed by atoms with Gasteiger partial charge in [0.15, 0.2) is 0 Å². The third-order valence-electron chi connectivity index (χ3n) is 3.02. The first-order valence-corrected chi connectivity index (χ1v) is 8.65. The molecule has 1 aromatic carbocycles. The van der Waals surface area contributed by atoms with Gasteiger partial charge >= 0.3 is 0 Å². The Balaban J connectivity index is 2.28. The Morgan fingerprint density at radius 3 is 2.81 bits per heavy atom. The van der Waals surface area contributed by atoms with E-state index in [2.05, 4.69) is 36.2 Å². The van der Waals surface area contributed by atoms with Crippen LogP contribution in [0.4, 0.5) is 0 Å². The summed E-state index contributed by atoms with van der Waals surface area (Å²) in [5.74, 6) is 0. The Morgan fingerprint density at radius 1 is 1.43 bits per heavy atom. The minimum absolute atomic E-state index is 0.227. The number of aromatic amines is 1. The number of H-pyrrole nitrogens is 1. The molecule has 3 N–H and O–H groups in total. The minimum Gasteiger partial charge on any atom is -0.316 e. The van der Waals surface area contributed by atoms with Crippen LogP contribution in [0.25, 0.3) is 0 Å². The van der Waals surface area contributed by atoms with Crippen LogP contribution in [0, 0.1) is 0 Å². The van der Waals surface area contributed by atoms with Gasteiger partial charge in [0.1, 0.15) is 0 Å². The Labute approximate surface area is 132 Å². The summed E-state index contributed by atoms with van der Waals surface area (Å²) in [5.41, 5.74) is 1.68. The number of hydrogen-bond acceptors (Lipinski definition) is 4. The van der Waals surface area contributed by atoms with Gasteiger partial charge in [0, 0.05) is 28.8 Å². The molecule has 1 aromatic heterocycles. The highest BCUT2D eigenvalue weighted by Crippen LogP contribution is 2.25. The monoisotopic (exact) mass is 372 g/mol. The molecule has 21 heavy (non-hydrogen) atoms. The average molecular weight is 373 g/mol. The smallest absolute Gasteiger partial charge is 0.242 e. The molecule has 1 atom stereocenters. The molecule has 8 heteroatoms. The first kappa shape index (κ1) is 16.2. The number of halogens is 1.